The lowest BCUT2D eigenvalue weighted by molar-refractivity contribution is 0.781. The van der Waals surface area contributed by atoms with Crippen LogP contribution in [0.25, 0.3) is 11.3 Å². The maximum atomic E-state index is 8.76. The van der Waals surface area contributed by atoms with E-state index in [-0.39, 0.29) is 0 Å². The van der Waals surface area contributed by atoms with Crippen LogP contribution in [-0.2, 0) is 13.5 Å². The average Bonchev–Trinajstić information content (AvgIpc) is 2.65. The maximum absolute atomic E-state index is 8.76. The normalized spacial score (nSPS) is 10.2. The highest BCUT2D eigenvalue weighted by atomic mass is 15.3. The van der Waals surface area contributed by atoms with Crippen molar-refractivity contribution in [2.75, 3.05) is 5.73 Å². The van der Waals surface area contributed by atoms with E-state index in [1.807, 2.05) is 19.2 Å². The van der Waals surface area contributed by atoms with E-state index >= 15 is 0 Å². The molecule has 4 heteroatoms. The van der Waals surface area contributed by atoms with E-state index in [1.165, 1.54) is 0 Å². The van der Waals surface area contributed by atoms with Gasteiger partial charge in [-0.3, -0.25) is 4.68 Å². The molecular weight excluding hydrogens is 212 g/mol. The van der Waals surface area contributed by atoms with E-state index in [2.05, 4.69) is 18.1 Å². The van der Waals surface area contributed by atoms with Gasteiger partial charge in [0.05, 0.1) is 17.3 Å². The summed E-state index contributed by atoms with van der Waals surface area (Å²) in [6, 6.07) is 9.49. The van der Waals surface area contributed by atoms with Crippen molar-refractivity contribution in [2.45, 2.75) is 13.3 Å². The quantitative estimate of drug-likeness (QED) is 0.852. The van der Waals surface area contributed by atoms with Crippen LogP contribution in [0.3, 0.4) is 0 Å². The molecule has 17 heavy (non-hydrogen) atoms. The number of nitrogens with two attached hydrogens (primary N) is 1. The Balaban J connectivity index is 2.53. The van der Waals surface area contributed by atoms with E-state index in [0.717, 1.165) is 23.2 Å². The molecule has 1 aromatic heterocycles. The first-order valence-corrected chi connectivity index (χ1v) is 5.49. The molecule has 0 saturated heterocycles. The predicted molar refractivity (Wildman–Crippen MR) is 67.1 cm³/mol. The Morgan fingerprint density at radius 3 is 2.53 bits per heavy atom. The fourth-order valence-corrected chi connectivity index (χ4v) is 1.86. The minimum Gasteiger partial charge on any atom is -0.384 e. The third-order valence-electron chi connectivity index (χ3n) is 2.83. The van der Waals surface area contributed by atoms with Crippen molar-refractivity contribution in [1.29, 1.82) is 5.26 Å². The summed E-state index contributed by atoms with van der Waals surface area (Å²) >= 11 is 0. The van der Waals surface area contributed by atoms with Gasteiger partial charge in [-0.25, -0.2) is 0 Å². The summed E-state index contributed by atoms with van der Waals surface area (Å²) in [6.07, 6.45) is 0.842. The highest BCUT2D eigenvalue weighted by Gasteiger charge is 2.13. The Kier molecular flexibility index (Phi) is 2.84. The summed E-state index contributed by atoms with van der Waals surface area (Å²) in [7, 11) is 1.83. The van der Waals surface area contributed by atoms with Crippen LogP contribution >= 0.6 is 0 Å². The molecular formula is C13H14N4. The molecule has 86 valence electrons. The molecule has 2 N–H and O–H groups in total. The van der Waals surface area contributed by atoms with Gasteiger partial charge in [0.25, 0.3) is 0 Å². The first kappa shape index (κ1) is 11.2. The van der Waals surface area contributed by atoms with Crippen molar-refractivity contribution in [2.24, 2.45) is 7.05 Å². The highest BCUT2D eigenvalue weighted by Crippen LogP contribution is 2.27. The van der Waals surface area contributed by atoms with Gasteiger partial charge in [-0.05, 0) is 18.6 Å². The number of anilines is 1. The van der Waals surface area contributed by atoms with E-state index in [9.17, 15) is 0 Å². The smallest absolute Gasteiger partial charge is 0.125 e. The van der Waals surface area contributed by atoms with Crippen molar-refractivity contribution in [3.05, 3.63) is 35.4 Å². The Bertz CT molecular complexity index is 573. The first-order valence-electron chi connectivity index (χ1n) is 5.49. The Morgan fingerprint density at radius 1 is 1.35 bits per heavy atom. The zero-order chi connectivity index (χ0) is 12.4. The van der Waals surface area contributed by atoms with Gasteiger partial charge in [0, 0.05) is 18.2 Å². The molecule has 1 heterocycles. The maximum Gasteiger partial charge on any atom is 0.125 e. The van der Waals surface area contributed by atoms with Crippen molar-refractivity contribution in [3.8, 4) is 17.3 Å². The molecule has 0 unspecified atom stereocenters. The number of hydrogen-bond donors (Lipinski definition) is 1. The molecule has 1 aromatic carbocycles. The van der Waals surface area contributed by atoms with Crippen LogP contribution in [-0.4, -0.2) is 9.78 Å². The number of hydrogen-bond acceptors (Lipinski definition) is 3. The first-order chi connectivity index (χ1) is 8.17. The molecule has 0 aliphatic rings. The monoisotopic (exact) mass is 226 g/mol. The minimum atomic E-state index is 0.649. The minimum absolute atomic E-state index is 0.649. The van der Waals surface area contributed by atoms with Gasteiger partial charge in [-0.1, -0.05) is 19.1 Å². The number of benzene rings is 1. The predicted octanol–water partition coefficient (Wildman–Crippen LogP) is 2.10. The molecule has 2 aromatic rings. The fourth-order valence-electron chi connectivity index (χ4n) is 1.86. The Labute approximate surface area is 100 Å². The Hall–Kier alpha value is -2.28. The van der Waals surface area contributed by atoms with Crippen molar-refractivity contribution >= 4 is 5.82 Å². The summed E-state index contributed by atoms with van der Waals surface area (Å²) in [5, 5.41) is 13.2. The summed E-state index contributed by atoms with van der Waals surface area (Å²) in [5.74, 6) is 0.701. The molecule has 0 amide bonds. The number of nitrogen functional groups attached to an aromatic ring is 1. The third kappa shape index (κ3) is 1.87. The standard InChI is InChI=1S/C13H14N4/c1-3-11-12(16-17(2)13(11)15)10-6-4-9(8-14)5-7-10/h4-7H,3,15H2,1-2H3. The van der Waals surface area contributed by atoms with E-state index in [0.29, 0.717) is 11.4 Å². The van der Waals surface area contributed by atoms with Crippen molar-refractivity contribution < 1.29 is 0 Å². The van der Waals surface area contributed by atoms with E-state index in [1.54, 1.807) is 16.8 Å². The van der Waals surface area contributed by atoms with E-state index < -0.39 is 0 Å². The van der Waals surface area contributed by atoms with Gasteiger partial charge < -0.3 is 5.73 Å². The van der Waals surface area contributed by atoms with Gasteiger partial charge in [0.1, 0.15) is 5.82 Å². The second kappa shape index (κ2) is 4.30. The molecule has 0 aliphatic carbocycles. The van der Waals surface area contributed by atoms with Crippen LogP contribution in [0.2, 0.25) is 0 Å². The van der Waals surface area contributed by atoms with Gasteiger partial charge in [0.2, 0.25) is 0 Å². The largest absolute Gasteiger partial charge is 0.384 e. The molecule has 0 saturated carbocycles. The zero-order valence-electron chi connectivity index (χ0n) is 9.94. The number of aryl methyl sites for hydroxylation is 1. The summed E-state index contributed by atoms with van der Waals surface area (Å²) < 4.78 is 1.69. The van der Waals surface area contributed by atoms with E-state index in [4.69, 9.17) is 11.0 Å². The zero-order valence-corrected chi connectivity index (χ0v) is 9.94. The van der Waals surface area contributed by atoms with Gasteiger partial charge in [-0.15, -0.1) is 0 Å². The molecule has 0 spiro atoms. The highest BCUT2D eigenvalue weighted by molar-refractivity contribution is 5.68. The van der Waals surface area contributed by atoms with Crippen LogP contribution in [0.15, 0.2) is 24.3 Å². The molecule has 0 atom stereocenters. The number of nitriles is 1. The lowest BCUT2D eigenvalue weighted by Crippen LogP contribution is -1.98. The summed E-state index contributed by atoms with van der Waals surface area (Å²) in [5.41, 5.74) is 9.55. The molecule has 0 bridgehead atoms. The lowest BCUT2D eigenvalue weighted by atomic mass is 10.0. The SMILES string of the molecule is CCc1c(-c2ccc(C#N)cc2)nn(C)c1N. The topological polar surface area (TPSA) is 67.6 Å². The molecule has 2 rings (SSSR count). The third-order valence-corrected chi connectivity index (χ3v) is 2.83. The van der Waals surface area contributed by atoms with Crippen LogP contribution in [0, 0.1) is 11.3 Å². The van der Waals surface area contributed by atoms with Crippen LogP contribution in [0.5, 0.6) is 0 Å². The van der Waals surface area contributed by atoms with Crippen molar-refractivity contribution in [1.82, 2.24) is 9.78 Å². The molecule has 4 nitrogen and oxygen atoms in total. The molecule has 0 radical (unpaired) electrons. The van der Waals surface area contributed by atoms with Crippen LogP contribution in [0.1, 0.15) is 18.1 Å². The Morgan fingerprint density at radius 2 is 2.00 bits per heavy atom. The fraction of sp³-hybridized carbons (Fsp3) is 0.231. The average molecular weight is 226 g/mol. The summed E-state index contributed by atoms with van der Waals surface area (Å²) in [6.45, 7) is 2.06. The van der Waals surface area contributed by atoms with Gasteiger partial charge >= 0.3 is 0 Å². The van der Waals surface area contributed by atoms with Gasteiger partial charge in [-0.2, -0.15) is 10.4 Å². The van der Waals surface area contributed by atoms with Gasteiger partial charge in [0.15, 0.2) is 0 Å². The number of aromatic nitrogens is 2. The second-order valence-corrected chi connectivity index (χ2v) is 3.88. The lowest BCUT2D eigenvalue weighted by Gasteiger charge is -2.00. The van der Waals surface area contributed by atoms with Crippen LogP contribution < -0.4 is 5.73 Å². The van der Waals surface area contributed by atoms with Crippen LogP contribution in [0.4, 0.5) is 5.82 Å². The number of rotatable bonds is 2. The summed E-state index contributed by atoms with van der Waals surface area (Å²) in [4.78, 5) is 0. The second-order valence-electron chi connectivity index (χ2n) is 3.88. The molecule has 0 fully saturated rings. The molecule has 0 aliphatic heterocycles. The number of nitrogens with zero attached hydrogens (tertiary/aromatic N) is 3. The van der Waals surface area contributed by atoms with Crippen molar-refractivity contribution in [3.63, 3.8) is 0 Å².